The predicted octanol–water partition coefficient (Wildman–Crippen LogP) is 2.75. The second-order valence-electron chi connectivity index (χ2n) is 4.51. The number of esters is 1. The number of thiophene rings is 1. The van der Waals surface area contributed by atoms with E-state index in [2.05, 4.69) is 23.6 Å². The van der Waals surface area contributed by atoms with E-state index in [1.54, 1.807) is 11.3 Å². The van der Waals surface area contributed by atoms with Crippen LogP contribution in [-0.4, -0.2) is 13.1 Å². The third kappa shape index (κ3) is 1.09. The standard InChI is InChI=1S/C13H14O2S/c1-15-12(14)13(9-6-7-16-8-9)10-4-2-3-5-11(10)13/h2,4,6-8,10-11H,3,5H2,1H3. The van der Waals surface area contributed by atoms with Crippen LogP contribution in [0.5, 0.6) is 0 Å². The first-order chi connectivity index (χ1) is 7.81. The molecule has 3 atom stereocenters. The van der Waals surface area contributed by atoms with Gasteiger partial charge >= 0.3 is 5.97 Å². The van der Waals surface area contributed by atoms with Gasteiger partial charge in [-0.05, 0) is 41.1 Å². The number of allylic oxidation sites excluding steroid dienone is 2. The average Bonchev–Trinajstić information content (AvgIpc) is 2.73. The molecule has 0 aromatic carbocycles. The van der Waals surface area contributed by atoms with Crippen molar-refractivity contribution >= 4 is 17.3 Å². The first kappa shape index (κ1) is 10.1. The van der Waals surface area contributed by atoms with Crippen LogP contribution in [0.2, 0.25) is 0 Å². The molecule has 0 radical (unpaired) electrons. The number of hydrogen-bond donors (Lipinski definition) is 0. The molecule has 0 aliphatic heterocycles. The average molecular weight is 234 g/mol. The molecule has 1 heterocycles. The molecule has 0 saturated heterocycles. The van der Waals surface area contributed by atoms with Gasteiger partial charge in [0.15, 0.2) is 0 Å². The van der Waals surface area contributed by atoms with Crippen LogP contribution in [0.4, 0.5) is 0 Å². The summed E-state index contributed by atoms with van der Waals surface area (Å²) in [5.74, 6) is 0.760. The highest BCUT2D eigenvalue weighted by Crippen LogP contribution is 2.65. The van der Waals surface area contributed by atoms with E-state index >= 15 is 0 Å². The van der Waals surface area contributed by atoms with Crippen LogP contribution in [-0.2, 0) is 14.9 Å². The Hall–Kier alpha value is -1.09. The fourth-order valence-electron chi connectivity index (χ4n) is 3.18. The zero-order valence-corrected chi connectivity index (χ0v) is 10.00. The zero-order chi connectivity index (χ0) is 11.2. The third-order valence-electron chi connectivity index (χ3n) is 3.94. The second-order valence-corrected chi connectivity index (χ2v) is 5.29. The molecular formula is C13H14O2S. The quantitative estimate of drug-likeness (QED) is 0.581. The lowest BCUT2D eigenvalue weighted by molar-refractivity contribution is -0.144. The van der Waals surface area contributed by atoms with Crippen molar-refractivity contribution < 1.29 is 9.53 Å². The molecule has 2 aliphatic rings. The van der Waals surface area contributed by atoms with E-state index in [1.807, 2.05) is 5.38 Å². The Bertz CT molecular complexity index is 435. The Balaban J connectivity index is 2.05. The number of hydrogen-bond acceptors (Lipinski definition) is 3. The molecule has 1 saturated carbocycles. The van der Waals surface area contributed by atoms with Crippen LogP contribution in [0.1, 0.15) is 18.4 Å². The van der Waals surface area contributed by atoms with Gasteiger partial charge in [-0.2, -0.15) is 11.3 Å². The largest absolute Gasteiger partial charge is 0.468 e. The number of rotatable bonds is 2. The summed E-state index contributed by atoms with van der Waals surface area (Å²) in [6.45, 7) is 0. The van der Waals surface area contributed by atoms with Gasteiger partial charge in [-0.3, -0.25) is 4.79 Å². The van der Waals surface area contributed by atoms with Crippen molar-refractivity contribution in [2.45, 2.75) is 18.3 Å². The molecule has 16 heavy (non-hydrogen) atoms. The van der Waals surface area contributed by atoms with Crippen LogP contribution in [0.15, 0.2) is 29.0 Å². The molecule has 1 aromatic rings. The van der Waals surface area contributed by atoms with Crippen LogP contribution in [0.3, 0.4) is 0 Å². The molecule has 3 heteroatoms. The van der Waals surface area contributed by atoms with E-state index in [0.717, 1.165) is 18.4 Å². The van der Waals surface area contributed by atoms with Crippen molar-refractivity contribution in [3.8, 4) is 0 Å². The summed E-state index contributed by atoms with van der Waals surface area (Å²) < 4.78 is 5.03. The minimum atomic E-state index is -0.359. The monoisotopic (exact) mass is 234 g/mol. The summed E-state index contributed by atoms with van der Waals surface area (Å²) in [5, 5.41) is 4.12. The molecule has 84 valence electrons. The number of methoxy groups -OCH3 is 1. The van der Waals surface area contributed by atoms with Crippen molar-refractivity contribution in [2.75, 3.05) is 7.11 Å². The second kappa shape index (κ2) is 3.45. The van der Waals surface area contributed by atoms with Gasteiger partial charge in [-0.25, -0.2) is 0 Å². The Kier molecular flexibility index (Phi) is 2.18. The Morgan fingerprint density at radius 3 is 3.06 bits per heavy atom. The van der Waals surface area contributed by atoms with E-state index in [1.165, 1.54) is 7.11 Å². The Morgan fingerprint density at radius 2 is 2.50 bits per heavy atom. The molecular weight excluding hydrogens is 220 g/mol. The maximum absolute atomic E-state index is 12.1. The van der Waals surface area contributed by atoms with E-state index in [0.29, 0.717) is 11.8 Å². The van der Waals surface area contributed by atoms with Crippen molar-refractivity contribution in [2.24, 2.45) is 11.8 Å². The van der Waals surface area contributed by atoms with Gasteiger partial charge in [-0.1, -0.05) is 12.2 Å². The third-order valence-corrected chi connectivity index (χ3v) is 4.63. The fourth-order valence-corrected chi connectivity index (χ4v) is 3.91. The Morgan fingerprint density at radius 1 is 1.62 bits per heavy atom. The lowest BCUT2D eigenvalue weighted by Crippen LogP contribution is -2.25. The van der Waals surface area contributed by atoms with Crippen molar-refractivity contribution in [3.63, 3.8) is 0 Å². The molecule has 0 amide bonds. The highest BCUT2D eigenvalue weighted by atomic mass is 32.1. The van der Waals surface area contributed by atoms with Gasteiger partial charge in [0, 0.05) is 5.92 Å². The highest BCUT2D eigenvalue weighted by Gasteiger charge is 2.70. The van der Waals surface area contributed by atoms with Gasteiger partial charge in [0.05, 0.1) is 7.11 Å². The number of ether oxygens (including phenoxy) is 1. The molecule has 0 bridgehead atoms. The maximum Gasteiger partial charge on any atom is 0.317 e. The summed E-state index contributed by atoms with van der Waals surface area (Å²) in [7, 11) is 1.49. The predicted molar refractivity (Wildman–Crippen MR) is 63.4 cm³/mol. The number of carbonyl (C=O) groups is 1. The van der Waals surface area contributed by atoms with Crippen LogP contribution < -0.4 is 0 Å². The van der Waals surface area contributed by atoms with E-state index in [9.17, 15) is 4.79 Å². The van der Waals surface area contributed by atoms with Gasteiger partial charge in [0.1, 0.15) is 5.41 Å². The first-order valence-electron chi connectivity index (χ1n) is 5.59. The van der Waals surface area contributed by atoms with Gasteiger partial charge in [0.2, 0.25) is 0 Å². The van der Waals surface area contributed by atoms with Crippen LogP contribution in [0.25, 0.3) is 0 Å². The zero-order valence-electron chi connectivity index (χ0n) is 9.18. The summed E-state index contributed by atoms with van der Waals surface area (Å²) in [5.41, 5.74) is 0.785. The summed E-state index contributed by atoms with van der Waals surface area (Å²) in [6, 6.07) is 2.06. The number of fused-ring (bicyclic) bond motifs is 1. The van der Waals surface area contributed by atoms with E-state index in [4.69, 9.17) is 4.74 Å². The molecule has 3 unspecified atom stereocenters. The smallest absolute Gasteiger partial charge is 0.317 e. The van der Waals surface area contributed by atoms with Crippen molar-refractivity contribution in [1.82, 2.24) is 0 Å². The number of carbonyl (C=O) groups excluding carboxylic acids is 1. The molecule has 1 fully saturated rings. The van der Waals surface area contributed by atoms with E-state index < -0.39 is 0 Å². The van der Waals surface area contributed by atoms with Gasteiger partial charge in [-0.15, -0.1) is 0 Å². The van der Waals surface area contributed by atoms with Crippen molar-refractivity contribution in [3.05, 3.63) is 34.5 Å². The SMILES string of the molecule is COC(=O)C1(c2ccsc2)C2C=CCCC21. The van der Waals surface area contributed by atoms with E-state index in [-0.39, 0.29) is 11.4 Å². The minimum Gasteiger partial charge on any atom is -0.468 e. The van der Waals surface area contributed by atoms with Gasteiger partial charge in [0.25, 0.3) is 0 Å². The van der Waals surface area contributed by atoms with Crippen LogP contribution >= 0.6 is 11.3 Å². The first-order valence-corrected chi connectivity index (χ1v) is 6.54. The molecule has 1 aromatic heterocycles. The molecule has 2 nitrogen and oxygen atoms in total. The summed E-state index contributed by atoms with van der Waals surface area (Å²) >= 11 is 1.65. The fraction of sp³-hybridized carbons (Fsp3) is 0.462. The molecule has 0 spiro atoms. The summed E-state index contributed by atoms with van der Waals surface area (Å²) in [4.78, 5) is 12.1. The van der Waals surface area contributed by atoms with Gasteiger partial charge < -0.3 is 4.74 Å². The van der Waals surface area contributed by atoms with Crippen LogP contribution in [0, 0.1) is 11.8 Å². The minimum absolute atomic E-state index is 0.0625. The highest BCUT2D eigenvalue weighted by molar-refractivity contribution is 7.08. The Labute approximate surface area is 98.9 Å². The normalized spacial score (nSPS) is 35.6. The topological polar surface area (TPSA) is 26.3 Å². The lowest BCUT2D eigenvalue weighted by Gasteiger charge is -2.13. The summed E-state index contributed by atoms with van der Waals surface area (Å²) in [6.07, 6.45) is 6.58. The molecule has 0 N–H and O–H groups in total. The molecule has 2 aliphatic carbocycles. The lowest BCUT2D eigenvalue weighted by atomic mass is 9.94. The maximum atomic E-state index is 12.1. The van der Waals surface area contributed by atoms with Crippen molar-refractivity contribution in [1.29, 1.82) is 0 Å². The molecule has 3 rings (SSSR count).